The summed E-state index contributed by atoms with van der Waals surface area (Å²) in [4.78, 5) is 31.4. The van der Waals surface area contributed by atoms with E-state index in [0.717, 1.165) is 23.1 Å². The van der Waals surface area contributed by atoms with Gasteiger partial charge in [-0.25, -0.2) is 14.3 Å². The molecular weight excluding hydrogens is 346 g/mol. The number of nitrogens with zero attached hydrogens (tertiary/aromatic N) is 5. The van der Waals surface area contributed by atoms with Crippen molar-refractivity contribution >= 4 is 29.2 Å². The summed E-state index contributed by atoms with van der Waals surface area (Å²) in [6.45, 7) is 3.75. The van der Waals surface area contributed by atoms with Crippen molar-refractivity contribution in [3.05, 3.63) is 51.3 Å². The highest BCUT2D eigenvalue weighted by Gasteiger charge is 2.20. The van der Waals surface area contributed by atoms with Crippen LogP contribution in [0.15, 0.2) is 34.3 Å². The van der Waals surface area contributed by atoms with E-state index in [-0.39, 0.29) is 11.3 Å². The van der Waals surface area contributed by atoms with Crippen LogP contribution in [0.2, 0.25) is 0 Å². The minimum atomic E-state index is -0.667. The number of carbonyl (C=O) groups excluding carboxylic acids is 1. The van der Waals surface area contributed by atoms with Gasteiger partial charge in [-0.05, 0) is 37.7 Å². The first-order valence-corrected chi connectivity index (χ1v) is 7.96. The first kappa shape index (κ1) is 16.8. The number of nitro groups is 1. The third-order valence-corrected chi connectivity index (χ3v) is 4.31. The Morgan fingerprint density at radius 1 is 1.28 bits per heavy atom. The fourth-order valence-electron chi connectivity index (χ4n) is 2.28. The lowest BCUT2D eigenvalue weighted by Crippen LogP contribution is -2.04. The molecular formula is C15H13N5O4S. The van der Waals surface area contributed by atoms with Crippen LogP contribution in [-0.4, -0.2) is 37.6 Å². The minimum absolute atomic E-state index is 0.0846. The van der Waals surface area contributed by atoms with Gasteiger partial charge >= 0.3 is 5.97 Å². The van der Waals surface area contributed by atoms with Crippen molar-refractivity contribution in [2.75, 3.05) is 7.11 Å². The zero-order valence-corrected chi connectivity index (χ0v) is 14.4. The monoisotopic (exact) mass is 359 g/mol. The van der Waals surface area contributed by atoms with Crippen molar-refractivity contribution in [2.24, 2.45) is 0 Å². The molecule has 25 heavy (non-hydrogen) atoms. The minimum Gasteiger partial charge on any atom is -0.465 e. The number of nitro benzene ring substituents is 1. The van der Waals surface area contributed by atoms with Gasteiger partial charge in [0.15, 0.2) is 0 Å². The Balaban J connectivity index is 2.04. The van der Waals surface area contributed by atoms with E-state index >= 15 is 0 Å². The number of benzene rings is 1. The van der Waals surface area contributed by atoms with Crippen LogP contribution in [0.1, 0.15) is 21.7 Å². The summed E-state index contributed by atoms with van der Waals surface area (Å²) in [6.07, 6.45) is 0. The Labute approximate surface area is 146 Å². The van der Waals surface area contributed by atoms with E-state index in [2.05, 4.69) is 15.1 Å². The van der Waals surface area contributed by atoms with Crippen molar-refractivity contribution in [3.8, 4) is 0 Å². The molecule has 0 aliphatic carbocycles. The predicted molar refractivity (Wildman–Crippen MR) is 88.8 cm³/mol. The van der Waals surface area contributed by atoms with Crippen LogP contribution in [0.25, 0.3) is 5.78 Å². The van der Waals surface area contributed by atoms with Gasteiger partial charge in [-0.3, -0.25) is 10.1 Å². The smallest absolute Gasteiger partial charge is 0.339 e. The number of hydrogen-bond acceptors (Lipinski definition) is 8. The van der Waals surface area contributed by atoms with Gasteiger partial charge in [0.25, 0.3) is 11.5 Å². The summed E-state index contributed by atoms with van der Waals surface area (Å²) >= 11 is 1.11. The van der Waals surface area contributed by atoms with Crippen LogP contribution in [0.5, 0.6) is 0 Å². The number of carbonyl (C=O) groups is 1. The summed E-state index contributed by atoms with van der Waals surface area (Å²) in [5.41, 5.74) is 1.58. The lowest BCUT2D eigenvalue weighted by atomic mass is 10.2. The Morgan fingerprint density at radius 3 is 2.72 bits per heavy atom. The molecule has 0 bridgehead atoms. The molecule has 0 atom stereocenters. The molecule has 1 aromatic carbocycles. The maximum Gasteiger partial charge on any atom is 0.339 e. The second-order valence-electron chi connectivity index (χ2n) is 5.18. The van der Waals surface area contributed by atoms with Crippen molar-refractivity contribution in [3.63, 3.8) is 0 Å². The van der Waals surface area contributed by atoms with E-state index in [1.807, 2.05) is 19.9 Å². The summed E-state index contributed by atoms with van der Waals surface area (Å²) < 4.78 is 6.31. The average molecular weight is 359 g/mol. The quantitative estimate of drug-likeness (QED) is 0.397. The summed E-state index contributed by atoms with van der Waals surface area (Å²) in [6, 6.07) is 5.85. The summed E-state index contributed by atoms with van der Waals surface area (Å²) in [5, 5.41) is 15.7. The molecule has 3 aromatic rings. The maximum absolute atomic E-state index is 12.0. The lowest BCUT2D eigenvalue weighted by molar-refractivity contribution is -0.384. The molecule has 128 valence electrons. The first-order valence-electron chi connectivity index (χ1n) is 7.14. The molecule has 0 unspecified atom stereocenters. The number of non-ortho nitro benzene ring substituents is 1. The second-order valence-corrected chi connectivity index (χ2v) is 6.19. The number of rotatable bonds is 4. The molecule has 2 aromatic heterocycles. The number of ether oxygens (including phenoxy) is 1. The highest BCUT2D eigenvalue weighted by molar-refractivity contribution is 7.99. The van der Waals surface area contributed by atoms with Gasteiger partial charge in [-0.15, -0.1) is 5.10 Å². The lowest BCUT2D eigenvalue weighted by Gasteiger charge is -2.05. The molecule has 3 rings (SSSR count). The van der Waals surface area contributed by atoms with Crippen LogP contribution < -0.4 is 0 Å². The van der Waals surface area contributed by atoms with E-state index in [4.69, 9.17) is 4.74 Å². The topological polar surface area (TPSA) is 113 Å². The number of esters is 1. The second kappa shape index (κ2) is 6.48. The van der Waals surface area contributed by atoms with Gasteiger partial charge in [-0.2, -0.15) is 4.98 Å². The molecule has 0 saturated heterocycles. The Morgan fingerprint density at radius 2 is 2.04 bits per heavy atom. The Bertz CT molecular complexity index is 1000. The maximum atomic E-state index is 12.0. The third-order valence-electron chi connectivity index (χ3n) is 3.38. The van der Waals surface area contributed by atoms with E-state index in [1.54, 1.807) is 4.52 Å². The van der Waals surface area contributed by atoms with Crippen molar-refractivity contribution in [1.29, 1.82) is 0 Å². The largest absolute Gasteiger partial charge is 0.465 e. The van der Waals surface area contributed by atoms with Crippen LogP contribution in [0.3, 0.4) is 0 Å². The van der Waals surface area contributed by atoms with Gasteiger partial charge in [-0.1, -0.05) is 0 Å². The van der Waals surface area contributed by atoms with Gasteiger partial charge in [0, 0.05) is 28.4 Å². The van der Waals surface area contributed by atoms with E-state index < -0.39 is 10.9 Å². The fourth-order valence-corrected chi connectivity index (χ4v) is 3.11. The van der Waals surface area contributed by atoms with Crippen molar-refractivity contribution in [2.45, 2.75) is 23.9 Å². The molecule has 0 fully saturated rings. The molecule has 10 heteroatoms. The summed E-state index contributed by atoms with van der Waals surface area (Å²) in [5.74, 6) is -0.221. The van der Waals surface area contributed by atoms with Crippen LogP contribution in [-0.2, 0) is 4.74 Å². The average Bonchev–Trinajstić information content (AvgIpc) is 2.97. The number of fused-ring (bicyclic) bond motifs is 1. The normalized spacial score (nSPS) is 10.8. The SMILES string of the molecule is COC(=O)c1cc([N+](=O)[O-])ccc1Sc1nc2nc(C)cc(C)n2n1. The zero-order valence-electron chi connectivity index (χ0n) is 13.6. The molecule has 2 heterocycles. The molecule has 0 N–H and O–H groups in total. The van der Waals surface area contributed by atoms with Crippen molar-refractivity contribution in [1.82, 2.24) is 19.6 Å². The molecule has 0 aliphatic heterocycles. The number of aromatic nitrogens is 4. The van der Waals surface area contributed by atoms with Gasteiger partial charge in [0.2, 0.25) is 5.16 Å². The van der Waals surface area contributed by atoms with Gasteiger partial charge in [0.1, 0.15) is 0 Å². The molecule has 9 nitrogen and oxygen atoms in total. The number of aryl methyl sites for hydroxylation is 2. The Kier molecular flexibility index (Phi) is 4.36. The Hall–Kier alpha value is -3.01. The molecule has 0 amide bonds. The van der Waals surface area contributed by atoms with Gasteiger partial charge in [0.05, 0.1) is 17.6 Å². The highest BCUT2D eigenvalue weighted by atomic mass is 32.2. The zero-order chi connectivity index (χ0) is 18.1. The van der Waals surface area contributed by atoms with Crippen LogP contribution >= 0.6 is 11.8 Å². The fraction of sp³-hybridized carbons (Fsp3) is 0.200. The predicted octanol–water partition coefficient (Wildman–Crippen LogP) is 2.59. The molecule has 0 saturated carbocycles. The molecule has 0 radical (unpaired) electrons. The first-order chi connectivity index (χ1) is 11.9. The highest BCUT2D eigenvalue weighted by Crippen LogP contribution is 2.31. The van der Waals surface area contributed by atoms with E-state index in [1.165, 1.54) is 25.3 Å². The van der Waals surface area contributed by atoms with Gasteiger partial charge < -0.3 is 4.74 Å². The standard InChI is InChI=1S/C15H13N5O4S/c1-8-6-9(2)19-14(16-8)17-15(18-19)25-12-5-4-10(20(22)23)7-11(12)13(21)24-3/h4-7H,1-3H3. The molecule has 0 spiro atoms. The summed E-state index contributed by atoms with van der Waals surface area (Å²) in [7, 11) is 1.22. The number of methoxy groups -OCH3 is 1. The molecule has 0 aliphatic rings. The van der Waals surface area contributed by atoms with E-state index in [0.29, 0.717) is 15.8 Å². The number of hydrogen-bond donors (Lipinski definition) is 0. The third kappa shape index (κ3) is 3.29. The van der Waals surface area contributed by atoms with E-state index in [9.17, 15) is 14.9 Å². The van der Waals surface area contributed by atoms with Crippen LogP contribution in [0, 0.1) is 24.0 Å². The van der Waals surface area contributed by atoms with Crippen molar-refractivity contribution < 1.29 is 14.5 Å². The van der Waals surface area contributed by atoms with Crippen LogP contribution in [0.4, 0.5) is 5.69 Å².